The number of hydrogen-bond donors (Lipinski definition) is 2. The van der Waals surface area contributed by atoms with Crippen LogP contribution in [0.4, 0.5) is 0 Å². The summed E-state index contributed by atoms with van der Waals surface area (Å²) in [7, 11) is -3.34. The Morgan fingerprint density at radius 2 is 1.60 bits per heavy atom. The SMILES string of the molecule is CC(C)[C@@H](O)[C@H](O)C[C@H](C)CS(=O)(=O)c1ccccc1. The Labute approximate surface area is 121 Å². The Kier molecular flexibility index (Phi) is 6.17. The zero-order chi connectivity index (χ0) is 15.3. The molecule has 0 spiro atoms. The first-order valence-corrected chi connectivity index (χ1v) is 8.53. The molecule has 0 radical (unpaired) electrons. The molecule has 4 nitrogen and oxygen atoms in total. The fourth-order valence-electron chi connectivity index (χ4n) is 2.16. The fourth-order valence-corrected chi connectivity index (χ4v) is 3.81. The quantitative estimate of drug-likeness (QED) is 0.806. The second-order valence-corrected chi connectivity index (χ2v) is 7.77. The first kappa shape index (κ1) is 17.1. The number of aliphatic hydroxyl groups is 2. The summed E-state index contributed by atoms with van der Waals surface area (Å²) < 4.78 is 24.4. The molecule has 0 heterocycles. The monoisotopic (exact) mass is 300 g/mol. The summed E-state index contributed by atoms with van der Waals surface area (Å²) in [5, 5.41) is 19.6. The molecule has 0 aromatic heterocycles. The molecule has 114 valence electrons. The van der Waals surface area contributed by atoms with Crippen LogP contribution >= 0.6 is 0 Å². The second-order valence-electron chi connectivity index (χ2n) is 5.74. The summed E-state index contributed by atoms with van der Waals surface area (Å²) in [5.74, 6) is -0.301. The molecule has 0 saturated heterocycles. The van der Waals surface area contributed by atoms with Crippen molar-refractivity contribution in [3.05, 3.63) is 30.3 Å². The van der Waals surface area contributed by atoms with Crippen molar-refractivity contribution in [3.8, 4) is 0 Å². The van der Waals surface area contributed by atoms with E-state index in [1.807, 2.05) is 13.8 Å². The summed E-state index contributed by atoms with van der Waals surface area (Å²) in [6.07, 6.45) is -1.45. The highest BCUT2D eigenvalue weighted by Crippen LogP contribution is 2.19. The lowest BCUT2D eigenvalue weighted by Gasteiger charge is -2.23. The Balaban J connectivity index is 2.65. The molecule has 0 amide bonds. The van der Waals surface area contributed by atoms with E-state index in [9.17, 15) is 18.6 Å². The zero-order valence-electron chi connectivity index (χ0n) is 12.2. The van der Waals surface area contributed by atoms with Gasteiger partial charge in [-0.1, -0.05) is 39.0 Å². The van der Waals surface area contributed by atoms with Gasteiger partial charge in [0, 0.05) is 0 Å². The molecular formula is C15H24O4S. The summed E-state index contributed by atoms with van der Waals surface area (Å²) in [5.41, 5.74) is 0. The van der Waals surface area contributed by atoms with Gasteiger partial charge in [0.25, 0.3) is 0 Å². The van der Waals surface area contributed by atoms with Crippen molar-refractivity contribution < 1.29 is 18.6 Å². The van der Waals surface area contributed by atoms with Gasteiger partial charge in [0.1, 0.15) is 0 Å². The lowest BCUT2D eigenvalue weighted by molar-refractivity contribution is -0.0178. The van der Waals surface area contributed by atoms with Crippen molar-refractivity contribution in [2.75, 3.05) is 5.75 Å². The van der Waals surface area contributed by atoms with E-state index in [1.54, 1.807) is 37.3 Å². The first-order valence-electron chi connectivity index (χ1n) is 6.88. The molecule has 3 atom stereocenters. The third-order valence-electron chi connectivity index (χ3n) is 3.33. The second kappa shape index (κ2) is 7.20. The van der Waals surface area contributed by atoms with Crippen LogP contribution in [0.15, 0.2) is 35.2 Å². The Bertz CT molecular complexity index is 496. The number of aliphatic hydroxyl groups excluding tert-OH is 2. The highest BCUT2D eigenvalue weighted by molar-refractivity contribution is 7.91. The van der Waals surface area contributed by atoms with Crippen LogP contribution < -0.4 is 0 Å². The molecule has 0 bridgehead atoms. The lowest BCUT2D eigenvalue weighted by Crippen LogP contribution is -2.33. The van der Waals surface area contributed by atoms with E-state index in [2.05, 4.69) is 0 Å². The van der Waals surface area contributed by atoms with Crippen LogP contribution in [0.2, 0.25) is 0 Å². The van der Waals surface area contributed by atoms with Crippen molar-refractivity contribution >= 4 is 9.84 Å². The minimum atomic E-state index is -3.34. The van der Waals surface area contributed by atoms with Crippen LogP contribution in [-0.2, 0) is 9.84 Å². The smallest absolute Gasteiger partial charge is 0.178 e. The molecular weight excluding hydrogens is 276 g/mol. The van der Waals surface area contributed by atoms with Gasteiger partial charge in [0.05, 0.1) is 22.9 Å². The topological polar surface area (TPSA) is 74.6 Å². The molecule has 1 rings (SSSR count). The molecule has 0 aliphatic heterocycles. The van der Waals surface area contributed by atoms with Gasteiger partial charge in [-0.3, -0.25) is 0 Å². The average molecular weight is 300 g/mol. The summed E-state index contributed by atoms with van der Waals surface area (Å²) in [4.78, 5) is 0.297. The van der Waals surface area contributed by atoms with Crippen molar-refractivity contribution in [1.82, 2.24) is 0 Å². The molecule has 5 heteroatoms. The summed E-state index contributed by atoms with van der Waals surface area (Å²) in [6, 6.07) is 8.29. The maximum atomic E-state index is 12.2. The lowest BCUT2D eigenvalue weighted by atomic mass is 9.95. The molecule has 0 aliphatic rings. The number of hydrogen-bond acceptors (Lipinski definition) is 4. The van der Waals surface area contributed by atoms with Gasteiger partial charge in [-0.2, -0.15) is 0 Å². The van der Waals surface area contributed by atoms with Crippen LogP contribution in [0.5, 0.6) is 0 Å². The fraction of sp³-hybridized carbons (Fsp3) is 0.600. The number of rotatable bonds is 7. The molecule has 20 heavy (non-hydrogen) atoms. The van der Waals surface area contributed by atoms with Crippen LogP contribution in [0.25, 0.3) is 0 Å². The third-order valence-corrected chi connectivity index (χ3v) is 5.33. The highest BCUT2D eigenvalue weighted by Gasteiger charge is 2.25. The highest BCUT2D eigenvalue weighted by atomic mass is 32.2. The number of sulfone groups is 1. The van der Waals surface area contributed by atoms with Gasteiger partial charge in [0.15, 0.2) is 9.84 Å². The normalized spacial score (nSPS) is 16.9. The Morgan fingerprint density at radius 1 is 1.05 bits per heavy atom. The zero-order valence-corrected chi connectivity index (χ0v) is 13.0. The maximum absolute atomic E-state index is 12.2. The van der Waals surface area contributed by atoms with Gasteiger partial charge in [0.2, 0.25) is 0 Å². The van der Waals surface area contributed by atoms with Crippen LogP contribution in [0, 0.1) is 11.8 Å². The van der Waals surface area contributed by atoms with Crippen molar-refractivity contribution in [3.63, 3.8) is 0 Å². The van der Waals surface area contributed by atoms with Gasteiger partial charge in [-0.05, 0) is 30.4 Å². The largest absolute Gasteiger partial charge is 0.390 e. The van der Waals surface area contributed by atoms with Crippen molar-refractivity contribution in [1.29, 1.82) is 0 Å². The Hall–Kier alpha value is -0.910. The minimum Gasteiger partial charge on any atom is -0.390 e. The van der Waals surface area contributed by atoms with Gasteiger partial charge >= 0.3 is 0 Å². The van der Waals surface area contributed by atoms with E-state index >= 15 is 0 Å². The van der Waals surface area contributed by atoms with Crippen LogP contribution in [0.3, 0.4) is 0 Å². The molecule has 0 saturated carbocycles. The molecule has 0 unspecified atom stereocenters. The van der Waals surface area contributed by atoms with Crippen molar-refractivity contribution in [2.24, 2.45) is 11.8 Å². The van der Waals surface area contributed by atoms with E-state index in [-0.39, 0.29) is 24.0 Å². The van der Waals surface area contributed by atoms with E-state index in [1.165, 1.54) is 0 Å². The number of benzene rings is 1. The van der Waals surface area contributed by atoms with E-state index in [4.69, 9.17) is 0 Å². The molecule has 0 fully saturated rings. The van der Waals surface area contributed by atoms with E-state index < -0.39 is 22.0 Å². The third kappa shape index (κ3) is 4.89. The predicted molar refractivity (Wildman–Crippen MR) is 79.1 cm³/mol. The van der Waals surface area contributed by atoms with Crippen molar-refractivity contribution in [2.45, 2.75) is 44.3 Å². The Morgan fingerprint density at radius 3 is 2.10 bits per heavy atom. The van der Waals surface area contributed by atoms with Gasteiger partial charge < -0.3 is 10.2 Å². The molecule has 0 aliphatic carbocycles. The van der Waals surface area contributed by atoms with Crippen LogP contribution in [-0.4, -0.2) is 36.6 Å². The van der Waals surface area contributed by atoms with Crippen LogP contribution in [0.1, 0.15) is 27.2 Å². The predicted octanol–water partition coefficient (Wildman–Crippen LogP) is 1.86. The molecule has 2 N–H and O–H groups in total. The summed E-state index contributed by atoms with van der Waals surface area (Å²) in [6.45, 7) is 5.41. The summed E-state index contributed by atoms with van der Waals surface area (Å²) >= 11 is 0. The minimum absolute atomic E-state index is 0.0289. The van der Waals surface area contributed by atoms with Gasteiger partial charge in [-0.15, -0.1) is 0 Å². The standard InChI is InChI=1S/C15H24O4S/c1-11(2)15(17)14(16)9-12(3)10-20(18,19)13-7-5-4-6-8-13/h4-8,11-12,14-17H,9-10H2,1-3H3/t12-,14+,15+/m0/s1. The first-order chi connectivity index (χ1) is 9.24. The maximum Gasteiger partial charge on any atom is 0.178 e. The average Bonchev–Trinajstić information content (AvgIpc) is 2.37. The molecule has 1 aromatic rings. The van der Waals surface area contributed by atoms with Gasteiger partial charge in [-0.25, -0.2) is 8.42 Å². The molecule has 1 aromatic carbocycles. The van der Waals surface area contributed by atoms with E-state index in [0.29, 0.717) is 4.90 Å². The van der Waals surface area contributed by atoms with E-state index in [0.717, 1.165) is 0 Å².